The van der Waals surface area contributed by atoms with Crippen molar-refractivity contribution in [3.05, 3.63) is 12.2 Å². The van der Waals surface area contributed by atoms with Gasteiger partial charge < -0.3 is 10.2 Å². The highest BCUT2D eigenvalue weighted by molar-refractivity contribution is 5.79. The minimum atomic E-state index is -0.871. The predicted octanol–water partition coefficient (Wildman–Crippen LogP) is 1.43. The Kier molecular flexibility index (Phi) is 3.96. The zero-order valence-corrected chi connectivity index (χ0v) is 7.65. The monoisotopic (exact) mass is 184 g/mol. The van der Waals surface area contributed by atoms with Crippen LogP contribution in [0.4, 0.5) is 0 Å². The maximum Gasteiger partial charge on any atom is 0.327 e. The van der Waals surface area contributed by atoms with Gasteiger partial charge in [-0.1, -0.05) is 6.08 Å². The molecule has 0 spiro atoms. The van der Waals surface area contributed by atoms with Crippen molar-refractivity contribution in [1.82, 2.24) is 0 Å². The number of hydrogen-bond acceptors (Lipinski definition) is 2. The summed E-state index contributed by atoms with van der Waals surface area (Å²) in [7, 11) is 0. The molecule has 1 rings (SSSR count). The Hall–Kier alpha value is -0.830. The number of rotatable bonds is 3. The normalized spacial score (nSPS) is 29.3. The van der Waals surface area contributed by atoms with Crippen LogP contribution >= 0.6 is 0 Å². The van der Waals surface area contributed by atoms with Crippen LogP contribution in [0.3, 0.4) is 0 Å². The van der Waals surface area contributed by atoms with E-state index in [1.54, 1.807) is 6.08 Å². The van der Waals surface area contributed by atoms with E-state index in [2.05, 4.69) is 0 Å². The van der Waals surface area contributed by atoms with Crippen molar-refractivity contribution in [1.29, 1.82) is 0 Å². The van der Waals surface area contributed by atoms with Gasteiger partial charge in [-0.2, -0.15) is 0 Å². The number of carbonyl (C=O) groups is 1. The first-order valence-corrected chi connectivity index (χ1v) is 4.74. The fourth-order valence-corrected chi connectivity index (χ4v) is 1.78. The molecular formula is C10H16O3. The van der Waals surface area contributed by atoms with Gasteiger partial charge >= 0.3 is 5.97 Å². The van der Waals surface area contributed by atoms with Gasteiger partial charge in [-0.3, -0.25) is 0 Å². The van der Waals surface area contributed by atoms with Crippen LogP contribution < -0.4 is 0 Å². The van der Waals surface area contributed by atoms with Crippen LogP contribution in [0.5, 0.6) is 0 Å². The van der Waals surface area contributed by atoms with E-state index in [0.29, 0.717) is 11.8 Å². The van der Waals surface area contributed by atoms with Crippen molar-refractivity contribution < 1.29 is 15.0 Å². The van der Waals surface area contributed by atoms with E-state index in [1.807, 2.05) is 0 Å². The van der Waals surface area contributed by atoms with Crippen molar-refractivity contribution in [2.75, 3.05) is 6.61 Å². The second kappa shape index (κ2) is 5.02. The van der Waals surface area contributed by atoms with Gasteiger partial charge in [-0.15, -0.1) is 0 Å². The molecule has 0 heterocycles. The Bertz CT molecular complexity index is 190. The number of carboxylic acid groups (broad SMARTS) is 1. The SMILES string of the molecule is O=C(O)/C=C/C1CCC(CO)CC1. The molecule has 0 aromatic carbocycles. The van der Waals surface area contributed by atoms with E-state index in [-0.39, 0.29) is 6.61 Å². The molecule has 0 aliphatic heterocycles. The first kappa shape index (κ1) is 10.3. The molecule has 1 aliphatic rings. The maximum atomic E-state index is 10.2. The van der Waals surface area contributed by atoms with Crippen LogP contribution in [-0.4, -0.2) is 22.8 Å². The van der Waals surface area contributed by atoms with E-state index in [4.69, 9.17) is 10.2 Å². The molecule has 0 amide bonds. The van der Waals surface area contributed by atoms with Crippen molar-refractivity contribution in [2.24, 2.45) is 11.8 Å². The molecule has 0 saturated heterocycles. The summed E-state index contributed by atoms with van der Waals surface area (Å²) in [5.74, 6) is -0.0299. The first-order chi connectivity index (χ1) is 6.22. The van der Waals surface area contributed by atoms with E-state index >= 15 is 0 Å². The summed E-state index contributed by atoms with van der Waals surface area (Å²) in [6.45, 7) is 0.273. The molecule has 13 heavy (non-hydrogen) atoms. The molecule has 1 fully saturated rings. The van der Waals surface area contributed by atoms with Crippen LogP contribution in [0.1, 0.15) is 25.7 Å². The molecule has 0 atom stereocenters. The van der Waals surface area contributed by atoms with E-state index in [1.165, 1.54) is 6.08 Å². The van der Waals surface area contributed by atoms with Gasteiger partial charge in [0, 0.05) is 12.7 Å². The van der Waals surface area contributed by atoms with Crippen LogP contribution in [0.2, 0.25) is 0 Å². The van der Waals surface area contributed by atoms with Crippen molar-refractivity contribution >= 4 is 5.97 Å². The average molecular weight is 184 g/mol. The smallest absolute Gasteiger partial charge is 0.327 e. The Morgan fingerprint density at radius 1 is 1.31 bits per heavy atom. The molecule has 0 aromatic rings. The number of hydrogen-bond donors (Lipinski definition) is 2. The van der Waals surface area contributed by atoms with Gasteiger partial charge in [0.15, 0.2) is 0 Å². The quantitative estimate of drug-likeness (QED) is 0.652. The minimum absolute atomic E-state index is 0.273. The van der Waals surface area contributed by atoms with Crippen LogP contribution in [0.15, 0.2) is 12.2 Å². The summed E-state index contributed by atoms with van der Waals surface area (Å²) in [4.78, 5) is 10.2. The lowest BCUT2D eigenvalue weighted by atomic mass is 9.82. The molecule has 74 valence electrons. The first-order valence-electron chi connectivity index (χ1n) is 4.74. The summed E-state index contributed by atoms with van der Waals surface area (Å²) in [5, 5.41) is 17.3. The zero-order valence-electron chi connectivity index (χ0n) is 7.65. The summed E-state index contributed by atoms with van der Waals surface area (Å²) >= 11 is 0. The van der Waals surface area contributed by atoms with Gasteiger partial charge in [0.1, 0.15) is 0 Å². The van der Waals surface area contributed by atoms with E-state index in [9.17, 15) is 4.79 Å². The predicted molar refractivity (Wildman–Crippen MR) is 49.3 cm³/mol. The standard InChI is InChI=1S/C10H16O3/c11-7-9-3-1-8(2-4-9)5-6-10(12)13/h5-6,8-9,11H,1-4,7H2,(H,12,13)/b6-5+. The van der Waals surface area contributed by atoms with Crippen molar-refractivity contribution in [3.8, 4) is 0 Å². The molecule has 2 N–H and O–H groups in total. The third-order valence-corrected chi connectivity index (χ3v) is 2.66. The third-order valence-electron chi connectivity index (χ3n) is 2.66. The number of allylic oxidation sites excluding steroid dienone is 1. The Labute approximate surface area is 78.1 Å². The summed E-state index contributed by atoms with van der Waals surface area (Å²) in [6, 6.07) is 0. The molecule has 3 heteroatoms. The molecule has 3 nitrogen and oxygen atoms in total. The minimum Gasteiger partial charge on any atom is -0.478 e. The van der Waals surface area contributed by atoms with Gasteiger partial charge in [-0.25, -0.2) is 4.79 Å². The second-order valence-corrected chi connectivity index (χ2v) is 3.66. The zero-order chi connectivity index (χ0) is 9.68. The van der Waals surface area contributed by atoms with Crippen molar-refractivity contribution in [3.63, 3.8) is 0 Å². The van der Waals surface area contributed by atoms with Crippen LogP contribution in [-0.2, 0) is 4.79 Å². The highest BCUT2D eigenvalue weighted by Crippen LogP contribution is 2.28. The van der Waals surface area contributed by atoms with Gasteiger partial charge in [0.2, 0.25) is 0 Å². The molecule has 0 bridgehead atoms. The van der Waals surface area contributed by atoms with Gasteiger partial charge in [0.25, 0.3) is 0 Å². The Morgan fingerprint density at radius 3 is 2.38 bits per heavy atom. The average Bonchev–Trinajstić information content (AvgIpc) is 2.15. The summed E-state index contributed by atoms with van der Waals surface area (Å²) in [5.41, 5.74) is 0. The van der Waals surface area contributed by atoms with Crippen LogP contribution in [0.25, 0.3) is 0 Å². The second-order valence-electron chi connectivity index (χ2n) is 3.66. The number of aliphatic hydroxyl groups excluding tert-OH is 1. The maximum absolute atomic E-state index is 10.2. The van der Waals surface area contributed by atoms with E-state index < -0.39 is 5.97 Å². The highest BCUT2D eigenvalue weighted by Gasteiger charge is 2.18. The molecule has 0 unspecified atom stereocenters. The molecule has 1 saturated carbocycles. The number of aliphatic carboxylic acids is 1. The third kappa shape index (κ3) is 3.59. The molecular weight excluding hydrogens is 168 g/mol. The largest absolute Gasteiger partial charge is 0.478 e. The van der Waals surface area contributed by atoms with Crippen LogP contribution in [0, 0.1) is 11.8 Å². The lowest BCUT2D eigenvalue weighted by Crippen LogP contribution is -2.16. The van der Waals surface area contributed by atoms with Gasteiger partial charge in [0.05, 0.1) is 0 Å². The number of aliphatic hydroxyl groups is 1. The molecule has 1 aliphatic carbocycles. The summed E-state index contributed by atoms with van der Waals surface area (Å²) < 4.78 is 0. The molecule has 0 aromatic heterocycles. The molecule has 0 radical (unpaired) electrons. The topological polar surface area (TPSA) is 57.5 Å². The lowest BCUT2D eigenvalue weighted by Gasteiger charge is -2.24. The summed E-state index contributed by atoms with van der Waals surface area (Å²) in [6.07, 6.45) is 7.06. The number of carboxylic acids is 1. The highest BCUT2D eigenvalue weighted by atomic mass is 16.4. The Balaban J connectivity index is 2.28. The fraction of sp³-hybridized carbons (Fsp3) is 0.700. The van der Waals surface area contributed by atoms with Crippen molar-refractivity contribution in [2.45, 2.75) is 25.7 Å². The van der Waals surface area contributed by atoms with Gasteiger partial charge in [-0.05, 0) is 37.5 Å². The Morgan fingerprint density at radius 2 is 1.92 bits per heavy atom. The fourth-order valence-electron chi connectivity index (χ4n) is 1.78. The lowest BCUT2D eigenvalue weighted by molar-refractivity contribution is -0.131. The van der Waals surface area contributed by atoms with E-state index in [0.717, 1.165) is 25.7 Å².